The Morgan fingerprint density at radius 1 is 1.28 bits per heavy atom. The van der Waals surface area contributed by atoms with Crippen LogP contribution in [0.3, 0.4) is 0 Å². The summed E-state index contributed by atoms with van der Waals surface area (Å²) >= 11 is 5.83. The third-order valence-electron chi connectivity index (χ3n) is 6.32. The average Bonchev–Trinajstić information content (AvgIpc) is 3.36. The number of nitrogens with one attached hydrogen (secondary N) is 1. The van der Waals surface area contributed by atoms with Crippen LogP contribution in [0.1, 0.15) is 35.4 Å². The topological polar surface area (TPSA) is 100 Å². The molecular weight excluding hydrogens is 437 g/mol. The molecule has 32 heavy (non-hydrogen) atoms. The molecule has 3 heterocycles. The Bertz CT molecular complexity index is 1320. The van der Waals surface area contributed by atoms with E-state index in [-0.39, 0.29) is 27.5 Å². The zero-order chi connectivity index (χ0) is 22.7. The van der Waals surface area contributed by atoms with E-state index in [2.05, 4.69) is 15.2 Å². The van der Waals surface area contributed by atoms with Gasteiger partial charge in [0.1, 0.15) is 11.0 Å². The Morgan fingerprint density at radius 2 is 2.00 bits per heavy atom. The number of nitrogens with zero attached hydrogens (tertiary/aromatic N) is 4. The van der Waals surface area contributed by atoms with E-state index in [0.29, 0.717) is 28.9 Å². The van der Waals surface area contributed by atoms with Crippen molar-refractivity contribution in [3.05, 3.63) is 56.8 Å². The summed E-state index contributed by atoms with van der Waals surface area (Å²) in [5.41, 5.74) is 0.512. The standard InChI is InChI=1S/C22H21ClFN5O3/c1-10(25-16-3-4-17(23)26-19(16)21(31)32)14-6-13(24)7-15-18(14)27-22(28(2)20(15)30)29-8-11-5-12(11)9-29/h3-4,6-7,10-12,25H,5,8-9H2,1-2H3,(H,31,32). The maximum atomic E-state index is 14.5. The van der Waals surface area contributed by atoms with Crippen molar-refractivity contribution >= 4 is 40.1 Å². The summed E-state index contributed by atoms with van der Waals surface area (Å²) in [6, 6.07) is 4.93. The van der Waals surface area contributed by atoms with Gasteiger partial charge in [-0.15, -0.1) is 0 Å². The van der Waals surface area contributed by atoms with E-state index in [1.807, 2.05) is 0 Å². The summed E-state index contributed by atoms with van der Waals surface area (Å²) in [5.74, 6) is 0.0654. The van der Waals surface area contributed by atoms with Gasteiger partial charge >= 0.3 is 5.97 Å². The Hall–Kier alpha value is -3.20. The van der Waals surface area contributed by atoms with Crippen molar-refractivity contribution in [2.75, 3.05) is 23.3 Å². The lowest BCUT2D eigenvalue weighted by Crippen LogP contribution is -2.31. The van der Waals surface area contributed by atoms with Gasteiger partial charge in [-0.1, -0.05) is 11.6 Å². The first-order valence-electron chi connectivity index (χ1n) is 10.3. The number of rotatable bonds is 5. The molecule has 0 spiro atoms. The van der Waals surface area contributed by atoms with E-state index in [4.69, 9.17) is 16.6 Å². The van der Waals surface area contributed by atoms with Crippen LogP contribution in [0.25, 0.3) is 10.9 Å². The Morgan fingerprint density at radius 3 is 2.69 bits per heavy atom. The van der Waals surface area contributed by atoms with Crippen LogP contribution >= 0.6 is 11.6 Å². The Kier molecular flexibility index (Phi) is 4.81. The lowest BCUT2D eigenvalue weighted by Gasteiger charge is -2.23. The molecule has 1 saturated heterocycles. The van der Waals surface area contributed by atoms with Gasteiger partial charge in [0.2, 0.25) is 5.95 Å². The van der Waals surface area contributed by atoms with E-state index >= 15 is 0 Å². The lowest BCUT2D eigenvalue weighted by molar-refractivity contribution is 0.0691. The zero-order valence-corrected chi connectivity index (χ0v) is 18.2. The number of pyridine rings is 1. The van der Waals surface area contributed by atoms with Crippen molar-refractivity contribution in [3.63, 3.8) is 0 Å². The number of halogens is 2. The van der Waals surface area contributed by atoms with Gasteiger partial charge in [-0.25, -0.2) is 19.2 Å². The SMILES string of the molecule is CC(Nc1ccc(Cl)nc1C(=O)O)c1cc(F)cc2c(=O)n(C)c(N3CC4CC4C3)nc12. The summed E-state index contributed by atoms with van der Waals surface area (Å²) in [4.78, 5) is 35.4. The number of hydrogen-bond acceptors (Lipinski definition) is 6. The number of piperidine rings is 1. The van der Waals surface area contributed by atoms with Crippen LogP contribution in [0.5, 0.6) is 0 Å². The fourth-order valence-electron chi connectivity index (χ4n) is 4.55. The maximum Gasteiger partial charge on any atom is 0.356 e. The lowest BCUT2D eigenvalue weighted by atomic mass is 10.0. The fraction of sp³-hybridized carbons (Fsp3) is 0.364. The molecule has 3 unspecified atom stereocenters. The van der Waals surface area contributed by atoms with Crippen LogP contribution in [0.2, 0.25) is 5.15 Å². The van der Waals surface area contributed by atoms with Crippen molar-refractivity contribution in [1.29, 1.82) is 0 Å². The molecule has 1 aliphatic carbocycles. The largest absolute Gasteiger partial charge is 0.476 e. The monoisotopic (exact) mass is 457 g/mol. The van der Waals surface area contributed by atoms with Gasteiger partial charge in [-0.05, 0) is 49.4 Å². The van der Waals surface area contributed by atoms with Crippen LogP contribution in [0, 0.1) is 17.7 Å². The number of aromatic nitrogens is 3. The highest BCUT2D eigenvalue weighted by molar-refractivity contribution is 6.29. The molecule has 166 valence electrons. The Labute approximate surface area is 187 Å². The quantitative estimate of drug-likeness (QED) is 0.566. The van der Waals surface area contributed by atoms with Crippen LogP contribution in [0.4, 0.5) is 16.0 Å². The van der Waals surface area contributed by atoms with Gasteiger partial charge in [0.25, 0.3) is 5.56 Å². The summed E-state index contributed by atoms with van der Waals surface area (Å²) in [6.07, 6.45) is 1.22. The van der Waals surface area contributed by atoms with E-state index in [1.54, 1.807) is 14.0 Å². The molecule has 1 saturated carbocycles. The third-order valence-corrected chi connectivity index (χ3v) is 6.53. The van der Waals surface area contributed by atoms with Crippen LogP contribution in [0.15, 0.2) is 29.1 Å². The van der Waals surface area contributed by atoms with Crippen molar-refractivity contribution in [2.45, 2.75) is 19.4 Å². The number of aromatic carboxylic acids is 1. The van der Waals surface area contributed by atoms with E-state index in [9.17, 15) is 19.1 Å². The number of fused-ring (bicyclic) bond motifs is 2. The van der Waals surface area contributed by atoms with E-state index in [0.717, 1.165) is 13.1 Å². The van der Waals surface area contributed by atoms with Crippen LogP contribution in [-0.4, -0.2) is 38.7 Å². The molecule has 10 heteroatoms. The predicted molar refractivity (Wildman–Crippen MR) is 119 cm³/mol. The van der Waals surface area contributed by atoms with Crippen LogP contribution < -0.4 is 15.8 Å². The summed E-state index contributed by atoms with van der Waals surface area (Å²) in [5, 5.41) is 12.7. The van der Waals surface area contributed by atoms with Crippen molar-refractivity contribution < 1.29 is 14.3 Å². The second-order valence-corrected chi connectivity index (χ2v) is 8.92. The minimum absolute atomic E-state index is 0.0512. The zero-order valence-electron chi connectivity index (χ0n) is 17.5. The molecule has 2 N–H and O–H groups in total. The normalized spacial score (nSPS) is 20.3. The Balaban J connectivity index is 1.60. The van der Waals surface area contributed by atoms with Crippen molar-refractivity contribution in [3.8, 4) is 0 Å². The number of carboxylic acid groups (broad SMARTS) is 1. The fourth-order valence-corrected chi connectivity index (χ4v) is 4.70. The van der Waals surface area contributed by atoms with Crippen molar-refractivity contribution in [1.82, 2.24) is 14.5 Å². The number of anilines is 2. The summed E-state index contributed by atoms with van der Waals surface area (Å²) in [7, 11) is 1.65. The summed E-state index contributed by atoms with van der Waals surface area (Å²) < 4.78 is 16.0. The molecule has 8 nitrogen and oxygen atoms in total. The van der Waals surface area contributed by atoms with Gasteiger partial charge < -0.3 is 15.3 Å². The highest BCUT2D eigenvalue weighted by Gasteiger charge is 2.46. The third kappa shape index (κ3) is 3.46. The highest BCUT2D eigenvalue weighted by Crippen LogP contribution is 2.46. The number of benzene rings is 1. The predicted octanol–water partition coefficient (Wildman–Crippen LogP) is 3.45. The van der Waals surface area contributed by atoms with E-state index < -0.39 is 17.8 Å². The van der Waals surface area contributed by atoms with Crippen molar-refractivity contribution in [2.24, 2.45) is 18.9 Å². The minimum Gasteiger partial charge on any atom is -0.476 e. The second kappa shape index (κ2) is 7.44. The molecular formula is C22H21ClFN5O3. The molecule has 2 fully saturated rings. The molecule has 1 aliphatic heterocycles. The minimum atomic E-state index is -1.24. The molecule has 2 aromatic heterocycles. The van der Waals surface area contributed by atoms with Gasteiger partial charge in [-0.2, -0.15) is 0 Å². The molecule has 3 aromatic rings. The molecule has 0 amide bonds. The number of carbonyl (C=O) groups is 1. The first-order valence-corrected chi connectivity index (χ1v) is 10.7. The maximum absolute atomic E-state index is 14.5. The first kappa shape index (κ1) is 20.7. The first-order chi connectivity index (χ1) is 15.2. The van der Waals surface area contributed by atoms with Gasteiger partial charge in [0.05, 0.1) is 22.6 Å². The number of hydrogen-bond donors (Lipinski definition) is 2. The highest BCUT2D eigenvalue weighted by atomic mass is 35.5. The molecule has 3 atom stereocenters. The molecule has 1 aromatic carbocycles. The number of carboxylic acids is 1. The smallest absolute Gasteiger partial charge is 0.356 e. The molecule has 2 aliphatic rings. The molecule has 0 radical (unpaired) electrons. The van der Waals surface area contributed by atoms with Gasteiger partial charge in [0, 0.05) is 25.7 Å². The summed E-state index contributed by atoms with van der Waals surface area (Å²) in [6.45, 7) is 3.47. The van der Waals surface area contributed by atoms with Gasteiger partial charge in [-0.3, -0.25) is 9.36 Å². The molecule has 0 bridgehead atoms. The van der Waals surface area contributed by atoms with Gasteiger partial charge in [0.15, 0.2) is 5.69 Å². The van der Waals surface area contributed by atoms with Crippen LogP contribution in [-0.2, 0) is 7.05 Å². The molecule has 5 rings (SSSR count). The second-order valence-electron chi connectivity index (χ2n) is 8.53. The van der Waals surface area contributed by atoms with E-state index in [1.165, 1.54) is 35.3 Å². The average molecular weight is 458 g/mol.